The highest BCUT2D eigenvalue weighted by Gasteiger charge is 2.44. The summed E-state index contributed by atoms with van der Waals surface area (Å²) >= 11 is 0. The number of likely N-dealkylation sites (tertiary alicyclic amines) is 1. The number of carbonyl (C=O) groups excluding carboxylic acids is 5. The Bertz CT molecular complexity index is 1840. The number of ether oxygens (including phenoxy) is 3. The van der Waals surface area contributed by atoms with Crippen LogP contribution in [0.4, 0.5) is 0 Å². The number of benzene rings is 1. The molecule has 1 saturated heterocycles. The van der Waals surface area contributed by atoms with Crippen molar-refractivity contribution >= 4 is 40.5 Å². The van der Waals surface area contributed by atoms with Crippen molar-refractivity contribution in [2.45, 2.75) is 168 Å². The number of para-hydroxylation sites is 1. The van der Waals surface area contributed by atoms with E-state index < -0.39 is 72.1 Å². The summed E-state index contributed by atoms with van der Waals surface area (Å²) in [5.74, 6) is -2.95. The number of esters is 1. The molecular weight excluding hydrogens is 833 g/mol. The van der Waals surface area contributed by atoms with Gasteiger partial charge in [-0.2, -0.15) is 0 Å². The minimum atomic E-state index is -1.42. The number of amides is 4. The molecule has 2 heterocycles. The van der Waals surface area contributed by atoms with Gasteiger partial charge in [0.05, 0.1) is 42.7 Å². The molecule has 3 rings (SSSR count). The zero-order valence-electron chi connectivity index (χ0n) is 41.7. The lowest BCUT2D eigenvalue weighted by molar-refractivity contribution is -0.159. The fraction of sp³-hybridized carbons (Fsp3) is 0.735. The van der Waals surface area contributed by atoms with E-state index in [4.69, 9.17) is 14.2 Å². The minimum Gasteiger partial charge on any atom is -0.458 e. The number of nitrogens with zero attached hydrogens (tertiary/aromatic N) is 3. The Morgan fingerprint density at radius 2 is 1.60 bits per heavy atom. The first-order valence-corrected chi connectivity index (χ1v) is 23.5. The number of nitrogens with one attached hydrogen (secondary N) is 3. The van der Waals surface area contributed by atoms with E-state index in [1.54, 1.807) is 44.5 Å². The molecule has 2 aromatic rings. The number of H-pyrrole nitrogens is 1. The highest BCUT2D eigenvalue weighted by molar-refractivity contribution is 5.91. The third-order valence-corrected chi connectivity index (χ3v) is 12.9. The molecule has 1 aliphatic rings. The van der Waals surface area contributed by atoms with Gasteiger partial charge in [0.25, 0.3) is 0 Å². The fourth-order valence-corrected chi connectivity index (χ4v) is 9.34. The Balaban J connectivity index is 1.81. The molecule has 65 heavy (non-hydrogen) atoms. The number of fused-ring (bicyclic) bond motifs is 1. The Morgan fingerprint density at radius 3 is 2.17 bits per heavy atom. The molecule has 0 bridgehead atoms. The van der Waals surface area contributed by atoms with Crippen molar-refractivity contribution in [1.82, 2.24) is 30.3 Å². The number of aliphatic hydroxyl groups excluding tert-OH is 1. The van der Waals surface area contributed by atoms with Gasteiger partial charge in [-0.25, -0.2) is 4.79 Å². The average Bonchev–Trinajstić information content (AvgIpc) is 3.88. The number of hydrogen-bond acceptors (Lipinski definition) is 11. The van der Waals surface area contributed by atoms with Gasteiger partial charge in [0, 0.05) is 51.3 Å². The van der Waals surface area contributed by atoms with Crippen LogP contribution in [-0.2, 0) is 44.6 Å². The quantitative estimate of drug-likeness (QED) is 0.0686. The molecule has 1 aromatic carbocycles. The van der Waals surface area contributed by atoms with E-state index in [1.807, 2.05) is 84.0 Å². The number of methoxy groups -OCH3 is 2. The lowest BCUT2D eigenvalue weighted by atomic mass is 9.89. The molecule has 0 saturated carbocycles. The summed E-state index contributed by atoms with van der Waals surface area (Å²) in [5, 5.41) is 25.6. The Labute approximate surface area is 387 Å². The van der Waals surface area contributed by atoms with Gasteiger partial charge >= 0.3 is 5.97 Å². The standard InChI is InChI=1S/C49H82N6O10/c1-15-31(6)43(54(12)47(61)41(29(2)3)52-46(60)42(30(4)5)53(11)24-19-23-40(57)58)38(63-13)27-39(56)55-25-18-22-37(55)44(64-14)32(7)45(59)51-36(48(62)65-49(8,9)10)26-33-28-50-35-21-17-16-20-34(33)35/h16-17,20-21,28-32,36-38,40-44,50,57-58H,15,18-19,22-27H2,1-14H3,(H,51,59)(H,52,60)/t31-,32+,36-,37-,38+,41-,42-,43-,44+/m0/s1. The maximum absolute atomic E-state index is 14.5. The van der Waals surface area contributed by atoms with Crippen molar-refractivity contribution in [2.24, 2.45) is 23.7 Å². The van der Waals surface area contributed by atoms with Gasteiger partial charge < -0.3 is 49.8 Å². The van der Waals surface area contributed by atoms with Crippen LogP contribution < -0.4 is 10.6 Å². The number of carbonyl (C=O) groups is 5. The van der Waals surface area contributed by atoms with Gasteiger partial charge in [0.2, 0.25) is 23.6 Å². The molecule has 5 N–H and O–H groups in total. The molecule has 368 valence electrons. The number of aromatic amines is 1. The number of hydrogen-bond donors (Lipinski definition) is 5. The van der Waals surface area contributed by atoms with Gasteiger partial charge in [-0.1, -0.05) is 73.1 Å². The Morgan fingerprint density at radius 1 is 0.938 bits per heavy atom. The summed E-state index contributed by atoms with van der Waals surface area (Å²) in [6.45, 7) is 19.7. The molecule has 0 spiro atoms. The van der Waals surface area contributed by atoms with Crippen LogP contribution in [0, 0.1) is 23.7 Å². The number of aromatic nitrogens is 1. The predicted octanol–water partition coefficient (Wildman–Crippen LogP) is 4.65. The molecule has 1 aromatic heterocycles. The van der Waals surface area contributed by atoms with Crippen molar-refractivity contribution in [3.05, 3.63) is 36.0 Å². The second-order valence-corrected chi connectivity index (χ2v) is 19.8. The first-order chi connectivity index (χ1) is 30.5. The van der Waals surface area contributed by atoms with E-state index in [-0.39, 0.29) is 54.7 Å². The molecule has 0 radical (unpaired) electrons. The van der Waals surface area contributed by atoms with E-state index in [9.17, 15) is 34.2 Å². The van der Waals surface area contributed by atoms with Gasteiger partial charge in [0.15, 0.2) is 6.29 Å². The molecule has 16 heteroatoms. The lowest BCUT2D eigenvalue weighted by Gasteiger charge is -2.41. The topological polar surface area (TPSA) is 203 Å². The monoisotopic (exact) mass is 915 g/mol. The van der Waals surface area contributed by atoms with Gasteiger partial charge in [-0.05, 0) is 89.4 Å². The van der Waals surface area contributed by atoms with Crippen LogP contribution in [0.2, 0.25) is 0 Å². The van der Waals surface area contributed by atoms with Crippen molar-refractivity contribution in [1.29, 1.82) is 0 Å². The maximum atomic E-state index is 14.5. The lowest BCUT2D eigenvalue weighted by Crippen LogP contribution is -2.60. The second-order valence-electron chi connectivity index (χ2n) is 19.8. The van der Waals surface area contributed by atoms with Crippen LogP contribution in [0.3, 0.4) is 0 Å². The Hall–Kier alpha value is -4.09. The third-order valence-electron chi connectivity index (χ3n) is 12.9. The Kier molecular flexibility index (Phi) is 21.4. The first-order valence-electron chi connectivity index (χ1n) is 23.5. The molecule has 16 nitrogen and oxygen atoms in total. The van der Waals surface area contributed by atoms with Gasteiger partial charge in [0.1, 0.15) is 17.7 Å². The number of likely N-dealkylation sites (N-methyl/N-ethyl adjacent to an activating group) is 2. The summed E-state index contributed by atoms with van der Waals surface area (Å²) in [6, 6.07) is 4.37. The second kappa shape index (κ2) is 25.2. The molecule has 4 amide bonds. The summed E-state index contributed by atoms with van der Waals surface area (Å²) in [7, 11) is 6.58. The zero-order valence-corrected chi connectivity index (χ0v) is 41.7. The molecular formula is C49H82N6O10. The maximum Gasteiger partial charge on any atom is 0.329 e. The molecule has 1 aliphatic heterocycles. The van der Waals surface area contributed by atoms with E-state index in [2.05, 4.69) is 15.6 Å². The van der Waals surface area contributed by atoms with Crippen molar-refractivity contribution in [2.75, 3.05) is 41.4 Å². The van der Waals surface area contributed by atoms with Crippen LogP contribution in [0.1, 0.15) is 113 Å². The average molecular weight is 915 g/mol. The van der Waals surface area contributed by atoms with Gasteiger partial charge in [-0.15, -0.1) is 0 Å². The normalized spacial score (nSPS) is 18.3. The van der Waals surface area contributed by atoms with E-state index in [0.29, 0.717) is 38.8 Å². The van der Waals surface area contributed by atoms with Crippen molar-refractivity contribution in [3.63, 3.8) is 0 Å². The fourth-order valence-electron chi connectivity index (χ4n) is 9.34. The zero-order chi connectivity index (χ0) is 48.9. The molecule has 9 atom stereocenters. The van der Waals surface area contributed by atoms with Crippen LogP contribution in [0.25, 0.3) is 10.9 Å². The highest BCUT2D eigenvalue weighted by Crippen LogP contribution is 2.30. The SMILES string of the molecule is CC[C@H](C)[C@@H]([C@@H](CC(=O)N1CCC[C@H]1[C@H](OC)[C@@H](C)C(=O)N[C@@H](Cc1c[nH]c2ccccc12)C(=O)OC(C)(C)C)OC)N(C)C(=O)[C@@H](NC(=O)[C@H](C(C)C)N(C)CCCC(O)O)C(C)C. The molecule has 1 fully saturated rings. The summed E-state index contributed by atoms with van der Waals surface area (Å²) in [5.41, 5.74) is 0.992. The molecule has 0 unspecified atom stereocenters. The van der Waals surface area contributed by atoms with Crippen LogP contribution in [0.5, 0.6) is 0 Å². The van der Waals surface area contributed by atoms with E-state index >= 15 is 0 Å². The number of rotatable bonds is 25. The summed E-state index contributed by atoms with van der Waals surface area (Å²) < 4.78 is 17.9. The van der Waals surface area contributed by atoms with E-state index in [1.165, 1.54) is 14.2 Å². The van der Waals surface area contributed by atoms with Crippen LogP contribution in [-0.4, -0.2) is 155 Å². The number of aliphatic hydroxyl groups is 2. The molecule has 0 aliphatic carbocycles. The van der Waals surface area contributed by atoms with Crippen LogP contribution in [0.15, 0.2) is 30.5 Å². The largest absolute Gasteiger partial charge is 0.458 e. The van der Waals surface area contributed by atoms with E-state index in [0.717, 1.165) is 16.5 Å². The smallest absolute Gasteiger partial charge is 0.329 e. The minimum absolute atomic E-state index is 0.0383. The highest BCUT2D eigenvalue weighted by atomic mass is 16.6. The summed E-state index contributed by atoms with van der Waals surface area (Å²) in [6.07, 6.45) is 1.83. The first kappa shape index (κ1) is 55.2. The summed E-state index contributed by atoms with van der Waals surface area (Å²) in [4.78, 5) is 79.1. The van der Waals surface area contributed by atoms with Gasteiger partial charge in [-0.3, -0.25) is 24.1 Å². The third kappa shape index (κ3) is 15.2. The van der Waals surface area contributed by atoms with Crippen molar-refractivity contribution in [3.8, 4) is 0 Å². The van der Waals surface area contributed by atoms with Crippen molar-refractivity contribution < 1.29 is 48.4 Å². The predicted molar refractivity (Wildman–Crippen MR) is 251 cm³/mol. The van der Waals surface area contributed by atoms with Crippen LogP contribution >= 0.6 is 0 Å².